The number of aliphatic hydroxyl groups excluding tert-OH is 4. The third kappa shape index (κ3) is 31.1. The lowest BCUT2D eigenvalue weighted by Crippen LogP contribution is -2.52. The molecule has 5 N–H and O–H groups in total. The van der Waals surface area contributed by atoms with Crippen LogP contribution >= 0.6 is 0 Å². The second-order valence-corrected chi connectivity index (χ2v) is 14.7. The van der Waals surface area contributed by atoms with Crippen LogP contribution in [0.5, 0.6) is 0 Å². The van der Waals surface area contributed by atoms with Gasteiger partial charge in [0.1, 0.15) is 12.2 Å². The van der Waals surface area contributed by atoms with Gasteiger partial charge < -0.3 is 25.7 Å². The monoisotopic (exact) mass is 682 g/mol. The highest BCUT2D eigenvalue weighted by Gasteiger charge is 2.28. The maximum atomic E-state index is 12.5. The van der Waals surface area contributed by atoms with Gasteiger partial charge in [-0.2, -0.15) is 0 Å². The number of hydrogen-bond acceptors (Lipinski definition) is 5. The minimum atomic E-state index is -1.30. The first-order valence-electron chi connectivity index (χ1n) is 21.1. The van der Waals surface area contributed by atoms with Gasteiger partial charge >= 0.3 is 0 Å². The summed E-state index contributed by atoms with van der Waals surface area (Å²) in [5.74, 6) is -0.598. The topological polar surface area (TPSA) is 110 Å². The van der Waals surface area contributed by atoms with E-state index in [1.807, 2.05) is 12.2 Å². The fraction of sp³-hybridized carbons (Fsp3) is 0.929. The normalized spacial score (nSPS) is 14.4. The highest BCUT2D eigenvalue weighted by atomic mass is 16.3. The molecule has 0 aliphatic heterocycles. The molecule has 0 fully saturated rings. The van der Waals surface area contributed by atoms with Gasteiger partial charge in [-0.05, 0) is 25.7 Å². The quantitative estimate of drug-likeness (QED) is 0.0329. The summed E-state index contributed by atoms with van der Waals surface area (Å²) >= 11 is 0. The molecule has 6 heteroatoms. The molecule has 0 aliphatic carbocycles. The van der Waals surface area contributed by atoms with Gasteiger partial charge in [0.2, 0.25) is 5.91 Å². The van der Waals surface area contributed by atoms with Crippen LogP contribution in [0.2, 0.25) is 0 Å². The summed E-state index contributed by atoms with van der Waals surface area (Å²) < 4.78 is 0. The third-order valence-electron chi connectivity index (χ3n) is 9.98. The molecule has 4 atom stereocenters. The van der Waals surface area contributed by atoms with Crippen LogP contribution < -0.4 is 5.32 Å². The zero-order valence-electron chi connectivity index (χ0n) is 32.0. The highest BCUT2D eigenvalue weighted by molar-refractivity contribution is 5.80. The molecule has 48 heavy (non-hydrogen) atoms. The maximum absolute atomic E-state index is 12.5. The van der Waals surface area contributed by atoms with Gasteiger partial charge in [-0.1, -0.05) is 206 Å². The van der Waals surface area contributed by atoms with Crippen LogP contribution in [-0.4, -0.2) is 57.3 Å². The summed E-state index contributed by atoms with van der Waals surface area (Å²) in [5, 5.41) is 43.4. The average molecular weight is 682 g/mol. The lowest BCUT2D eigenvalue weighted by Gasteiger charge is -2.26. The van der Waals surface area contributed by atoms with Gasteiger partial charge in [-0.3, -0.25) is 4.79 Å². The van der Waals surface area contributed by atoms with Gasteiger partial charge in [0, 0.05) is 0 Å². The molecule has 0 rings (SSSR count). The molecule has 1 amide bonds. The van der Waals surface area contributed by atoms with E-state index in [9.17, 15) is 25.2 Å². The Bertz CT molecular complexity index is 687. The largest absolute Gasteiger partial charge is 0.394 e. The Hall–Kier alpha value is -0.950. The van der Waals surface area contributed by atoms with E-state index in [1.54, 1.807) is 0 Å². The summed E-state index contributed by atoms with van der Waals surface area (Å²) in [6.07, 6.45) is 39.7. The van der Waals surface area contributed by atoms with Crippen molar-refractivity contribution >= 4 is 5.91 Å². The van der Waals surface area contributed by atoms with E-state index in [2.05, 4.69) is 19.2 Å². The molecule has 4 unspecified atom stereocenters. The Labute approximate surface area is 298 Å². The van der Waals surface area contributed by atoms with Crippen molar-refractivity contribution in [2.24, 2.45) is 0 Å². The van der Waals surface area contributed by atoms with Gasteiger partial charge in [-0.15, -0.1) is 0 Å². The molecule has 0 aliphatic rings. The number of carbonyl (C=O) groups excluding carboxylic acids is 1. The first-order chi connectivity index (χ1) is 23.5. The number of allylic oxidation sites excluding steroid dienone is 1. The molecule has 0 aromatic carbocycles. The Balaban J connectivity index is 3.73. The predicted molar refractivity (Wildman–Crippen MR) is 205 cm³/mol. The maximum Gasteiger partial charge on any atom is 0.249 e. The number of amides is 1. The minimum absolute atomic E-state index is 0.257. The molecule has 0 aromatic rings. The van der Waals surface area contributed by atoms with Gasteiger partial charge in [0.25, 0.3) is 0 Å². The summed E-state index contributed by atoms with van der Waals surface area (Å²) in [7, 11) is 0. The minimum Gasteiger partial charge on any atom is -0.394 e. The van der Waals surface area contributed by atoms with Crippen molar-refractivity contribution in [2.75, 3.05) is 6.61 Å². The van der Waals surface area contributed by atoms with Crippen LogP contribution in [0, 0.1) is 0 Å². The molecular formula is C42H83NO5. The first kappa shape index (κ1) is 47.0. The van der Waals surface area contributed by atoms with Crippen molar-refractivity contribution in [3.63, 3.8) is 0 Å². The molecule has 286 valence electrons. The number of unbranched alkanes of at least 4 members (excludes halogenated alkanes) is 28. The number of aliphatic hydroxyl groups is 4. The van der Waals surface area contributed by atoms with Crippen LogP contribution in [0.1, 0.15) is 219 Å². The van der Waals surface area contributed by atoms with Crippen molar-refractivity contribution in [2.45, 2.75) is 244 Å². The standard InChI is InChI=1S/C42H83NO5/c1-3-5-7-9-11-13-15-17-18-19-20-21-22-23-24-26-28-30-32-34-36-40(46)42(48)43-38(37-44)41(47)39(45)35-33-31-29-27-25-16-14-12-10-8-6-4-2/h31,33,38-41,44-47H,3-30,32,34-37H2,1-2H3,(H,43,48). The lowest BCUT2D eigenvalue weighted by molar-refractivity contribution is -0.132. The Morgan fingerprint density at radius 3 is 1.25 bits per heavy atom. The second-order valence-electron chi connectivity index (χ2n) is 14.7. The zero-order chi connectivity index (χ0) is 35.3. The molecule has 0 heterocycles. The number of nitrogens with one attached hydrogen (secondary N) is 1. The third-order valence-corrected chi connectivity index (χ3v) is 9.98. The Morgan fingerprint density at radius 2 is 0.875 bits per heavy atom. The zero-order valence-corrected chi connectivity index (χ0v) is 32.0. The second kappa shape index (κ2) is 37.3. The van der Waals surface area contributed by atoms with E-state index in [1.165, 1.54) is 161 Å². The van der Waals surface area contributed by atoms with Gasteiger partial charge in [-0.25, -0.2) is 0 Å². The predicted octanol–water partition coefficient (Wildman–Crippen LogP) is 10.6. The first-order valence-corrected chi connectivity index (χ1v) is 21.1. The Kier molecular flexibility index (Phi) is 36.6. The molecule has 0 bridgehead atoms. The Morgan fingerprint density at radius 1 is 0.521 bits per heavy atom. The fourth-order valence-electron chi connectivity index (χ4n) is 6.58. The molecule has 0 spiro atoms. The number of carbonyl (C=O) groups is 1. The summed E-state index contributed by atoms with van der Waals surface area (Å²) in [4.78, 5) is 12.5. The van der Waals surface area contributed by atoms with E-state index in [-0.39, 0.29) is 6.42 Å². The van der Waals surface area contributed by atoms with E-state index < -0.39 is 36.9 Å². The lowest BCUT2D eigenvalue weighted by atomic mass is 10.0. The van der Waals surface area contributed by atoms with Crippen LogP contribution in [0.3, 0.4) is 0 Å². The van der Waals surface area contributed by atoms with Gasteiger partial charge in [0.15, 0.2) is 0 Å². The van der Waals surface area contributed by atoms with Crippen LogP contribution in [0.15, 0.2) is 12.2 Å². The van der Waals surface area contributed by atoms with Crippen LogP contribution in [0.4, 0.5) is 0 Å². The molecule has 0 aromatic heterocycles. The van der Waals surface area contributed by atoms with Crippen molar-refractivity contribution in [3.8, 4) is 0 Å². The highest BCUT2D eigenvalue weighted by Crippen LogP contribution is 2.16. The van der Waals surface area contributed by atoms with E-state index in [4.69, 9.17) is 0 Å². The smallest absolute Gasteiger partial charge is 0.249 e. The van der Waals surface area contributed by atoms with Crippen LogP contribution in [0.25, 0.3) is 0 Å². The molecular weight excluding hydrogens is 598 g/mol. The number of rotatable bonds is 38. The molecule has 0 saturated heterocycles. The van der Waals surface area contributed by atoms with Crippen molar-refractivity contribution in [3.05, 3.63) is 12.2 Å². The summed E-state index contributed by atoms with van der Waals surface area (Å²) in [6, 6.07) is -1.01. The van der Waals surface area contributed by atoms with Crippen LogP contribution in [-0.2, 0) is 4.79 Å². The van der Waals surface area contributed by atoms with E-state index >= 15 is 0 Å². The van der Waals surface area contributed by atoms with Crippen molar-refractivity contribution < 1.29 is 25.2 Å². The number of hydrogen-bond donors (Lipinski definition) is 5. The SMILES string of the molecule is CCCCCCCCCCCC=CCC(O)C(O)C(CO)NC(=O)C(O)CCCCCCCCCCCCCCCCCCCCCC. The van der Waals surface area contributed by atoms with Gasteiger partial charge in [0.05, 0.1) is 18.8 Å². The summed E-state index contributed by atoms with van der Waals surface area (Å²) in [6.45, 7) is 4.02. The molecule has 0 saturated carbocycles. The van der Waals surface area contributed by atoms with Crippen molar-refractivity contribution in [1.29, 1.82) is 0 Å². The molecule has 0 radical (unpaired) electrons. The van der Waals surface area contributed by atoms with E-state index in [0.717, 1.165) is 32.1 Å². The summed E-state index contributed by atoms with van der Waals surface area (Å²) in [5.41, 5.74) is 0. The molecule has 6 nitrogen and oxygen atoms in total. The average Bonchev–Trinajstić information content (AvgIpc) is 3.09. The van der Waals surface area contributed by atoms with Crippen molar-refractivity contribution in [1.82, 2.24) is 5.32 Å². The van der Waals surface area contributed by atoms with E-state index in [0.29, 0.717) is 6.42 Å². The fourth-order valence-corrected chi connectivity index (χ4v) is 6.58.